The van der Waals surface area contributed by atoms with Crippen molar-refractivity contribution in [3.8, 4) is 0 Å². The van der Waals surface area contributed by atoms with Crippen LogP contribution in [0, 0.1) is 0 Å². The van der Waals surface area contributed by atoms with Gasteiger partial charge in [0.1, 0.15) is 16.3 Å². The summed E-state index contributed by atoms with van der Waals surface area (Å²) >= 11 is 0. The highest BCUT2D eigenvalue weighted by Crippen LogP contribution is 2.35. The Morgan fingerprint density at radius 1 is 0.517 bits per heavy atom. The summed E-state index contributed by atoms with van der Waals surface area (Å²) in [6.07, 6.45) is 33.3. The Bertz CT molecular complexity index is 380. The predicted molar refractivity (Wildman–Crippen MR) is 131 cm³/mol. The minimum atomic E-state index is 0.613. The first-order valence-electron chi connectivity index (χ1n) is 13.7. The predicted octanol–water partition coefficient (Wildman–Crippen LogP) is 8.35. The van der Waals surface area contributed by atoms with E-state index in [9.17, 15) is 0 Å². The topological polar surface area (TPSA) is 9.23 Å². The molecule has 0 radical (unpaired) electrons. The molecule has 3 rings (SSSR count). The van der Waals surface area contributed by atoms with E-state index in [0.717, 1.165) is 28.0 Å². The van der Waals surface area contributed by atoms with Crippen LogP contribution in [0.3, 0.4) is 0 Å². The van der Waals surface area contributed by atoms with Gasteiger partial charge < -0.3 is 4.74 Å². The maximum Gasteiger partial charge on any atom is 0.118 e. The molecule has 170 valence electrons. The fraction of sp³-hybridized carbons (Fsp3) is 1.00. The van der Waals surface area contributed by atoms with E-state index in [-0.39, 0.29) is 0 Å². The second-order valence-corrected chi connectivity index (χ2v) is 13.0. The monoisotopic (exact) mass is 423 g/mol. The molecular weight excluding hydrogens is 372 g/mol. The molecule has 1 nitrogen and oxygen atoms in total. The molecule has 2 atom stereocenters. The van der Waals surface area contributed by atoms with E-state index in [2.05, 4.69) is 0 Å². The normalized spacial score (nSPS) is 25.0. The molecular formula is C27H51OS+. The van der Waals surface area contributed by atoms with Crippen LogP contribution in [-0.2, 0) is 15.6 Å². The van der Waals surface area contributed by atoms with Crippen LogP contribution in [0.1, 0.15) is 141 Å². The lowest BCUT2D eigenvalue weighted by Crippen LogP contribution is -2.34. The zero-order chi connectivity index (χ0) is 20.0. The van der Waals surface area contributed by atoms with Gasteiger partial charge in [0.2, 0.25) is 0 Å². The number of hydrogen-bond donors (Lipinski definition) is 0. The molecule has 1 aliphatic heterocycles. The van der Waals surface area contributed by atoms with Crippen LogP contribution in [-0.4, -0.2) is 29.0 Å². The van der Waals surface area contributed by atoms with Crippen molar-refractivity contribution < 1.29 is 4.74 Å². The molecule has 0 aromatic carbocycles. The lowest BCUT2D eigenvalue weighted by atomic mass is 10.0. The van der Waals surface area contributed by atoms with Gasteiger partial charge in [0.25, 0.3) is 0 Å². The minimum Gasteiger partial charge on any atom is -0.378 e. The summed E-state index contributed by atoms with van der Waals surface area (Å²) in [6.45, 7) is 1.02. The van der Waals surface area contributed by atoms with Gasteiger partial charge in [0.05, 0.1) is 6.10 Å². The largest absolute Gasteiger partial charge is 0.378 e. The highest BCUT2D eigenvalue weighted by molar-refractivity contribution is 7.98. The standard InChI is InChI=1S/C27H51OS/c1(3-5-7-10-17-25-18-16-23-28-25)2-4-6-8-15-24-29(27-21-13-14-22-27)26-19-11-9-12-20-26/h25-27H,1-24H2/q+1. The van der Waals surface area contributed by atoms with Gasteiger partial charge >= 0.3 is 0 Å². The molecule has 2 unspecified atom stereocenters. The third-order valence-electron chi connectivity index (χ3n) is 7.89. The van der Waals surface area contributed by atoms with Gasteiger partial charge in [-0.25, -0.2) is 0 Å². The Morgan fingerprint density at radius 2 is 1.03 bits per heavy atom. The lowest BCUT2D eigenvalue weighted by Gasteiger charge is -2.26. The zero-order valence-electron chi connectivity index (χ0n) is 19.5. The second-order valence-electron chi connectivity index (χ2n) is 10.3. The van der Waals surface area contributed by atoms with Crippen LogP contribution in [0.4, 0.5) is 0 Å². The molecule has 0 aromatic heterocycles. The quantitative estimate of drug-likeness (QED) is 0.190. The van der Waals surface area contributed by atoms with Crippen molar-refractivity contribution in [1.82, 2.24) is 0 Å². The van der Waals surface area contributed by atoms with Crippen LogP contribution in [0.2, 0.25) is 0 Å². The average Bonchev–Trinajstić information content (AvgIpc) is 3.46. The molecule has 2 heteroatoms. The first-order chi connectivity index (χ1) is 14.4. The van der Waals surface area contributed by atoms with Gasteiger partial charge in [-0.05, 0) is 94.4 Å². The fourth-order valence-corrected chi connectivity index (χ4v) is 9.72. The smallest absolute Gasteiger partial charge is 0.118 e. The number of unbranched alkanes of at least 4 members (excludes halogenated alkanes) is 9. The maximum atomic E-state index is 5.72. The molecule has 0 N–H and O–H groups in total. The van der Waals surface area contributed by atoms with Crippen molar-refractivity contribution in [2.45, 2.75) is 158 Å². The Morgan fingerprint density at radius 3 is 1.59 bits per heavy atom. The first-order valence-corrected chi connectivity index (χ1v) is 15.3. The van der Waals surface area contributed by atoms with E-state index >= 15 is 0 Å². The van der Waals surface area contributed by atoms with Crippen molar-refractivity contribution in [3.05, 3.63) is 0 Å². The summed E-state index contributed by atoms with van der Waals surface area (Å²) in [5.74, 6) is 1.60. The average molecular weight is 424 g/mol. The SMILES string of the molecule is C(CCCCCC[S+](C1CCCCC1)C1CCCC1)CCCCCC1CCCO1. The Hall–Kier alpha value is 0.310. The van der Waals surface area contributed by atoms with E-state index < -0.39 is 0 Å². The summed E-state index contributed by atoms with van der Waals surface area (Å²) in [5.41, 5.74) is 0. The number of ether oxygens (including phenoxy) is 1. The Balaban J connectivity index is 1.13. The van der Waals surface area contributed by atoms with E-state index in [0.29, 0.717) is 6.10 Å². The van der Waals surface area contributed by atoms with E-state index in [4.69, 9.17) is 4.74 Å². The fourth-order valence-electron chi connectivity index (χ4n) is 6.09. The van der Waals surface area contributed by atoms with E-state index in [1.165, 1.54) is 109 Å². The van der Waals surface area contributed by atoms with E-state index in [1.54, 1.807) is 37.9 Å². The molecule has 3 fully saturated rings. The molecule has 0 spiro atoms. The first kappa shape index (κ1) is 24.0. The van der Waals surface area contributed by atoms with Gasteiger partial charge in [0, 0.05) is 6.61 Å². The molecule has 1 saturated heterocycles. The molecule has 2 aliphatic carbocycles. The van der Waals surface area contributed by atoms with Crippen molar-refractivity contribution >= 4 is 10.9 Å². The van der Waals surface area contributed by atoms with Gasteiger partial charge in [0.15, 0.2) is 0 Å². The van der Waals surface area contributed by atoms with Crippen LogP contribution >= 0.6 is 0 Å². The molecule has 29 heavy (non-hydrogen) atoms. The molecule has 2 saturated carbocycles. The Labute approximate surface area is 185 Å². The van der Waals surface area contributed by atoms with Crippen molar-refractivity contribution in [3.63, 3.8) is 0 Å². The summed E-state index contributed by atoms with van der Waals surface area (Å²) in [6, 6.07) is 0. The van der Waals surface area contributed by atoms with Crippen molar-refractivity contribution in [2.24, 2.45) is 0 Å². The van der Waals surface area contributed by atoms with Gasteiger partial charge in [-0.1, -0.05) is 57.8 Å². The number of hydrogen-bond acceptors (Lipinski definition) is 1. The van der Waals surface area contributed by atoms with E-state index in [1.807, 2.05) is 0 Å². The Kier molecular flexibility index (Phi) is 12.5. The molecule has 1 heterocycles. The molecule has 3 aliphatic rings. The third-order valence-corrected chi connectivity index (χ3v) is 11.3. The highest BCUT2D eigenvalue weighted by atomic mass is 32.2. The lowest BCUT2D eigenvalue weighted by molar-refractivity contribution is 0.102. The van der Waals surface area contributed by atoms with Gasteiger partial charge in [-0.2, -0.15) is 0 Å². The summed E-state index contributed by atoms with van der Waals surface area (Å²) in [4.78, 5) is 0. The highest BCUT2D eigenvalue weighted by Gasteiger charge is 2.39. The third kappa shape index (κ3) is 9.55. The van der Waals surface area contributed by atoms with Crippen LogP contribution in [0.15, 0.2) is 0 Å². The second kappa shape index (κ2) is 15.2. The zero-order valence-corrected chi connectivity index (χ0v) is 20.3. The summed E-state index contributed by atoms with van der Waals surface area (Å²) < 4.78 is 5.72. The van der Waals surface area contributed by atoms with Gasteiger partial charge in [-0.3, -0.25) is 0 Å². The van der Waals surface area contributed by atoms with Crippen molar-refractivity contribution in [1.29, 1.82) is 0 Å². The van der Waals surface area contributed by atoms with Crippen molar-refractivity contribution in [2.75, 3.05) is 12.4 Å². The van der Waals surface area contributed by atoms with Crippen LogP contribution in [0.25, 0.3) is 0 Å². The molecule has 0 bridgehead atoms. The van der Waals surface area contributed by atoms with Crippen LogP contribution < -0.4 is 0 Å². The molecule has 0 aromatic rings. The summed E-state index contributed by atoms with van der Waals surface area (Å²) in [5, 5.41) is 2.27. The maximum absolute atomic E-state index is 5.72. The summed E-state index contributed by atoms with van der Waals surface area (Å²) in [7, 11) is 0.790. The van der Waals surface area contributed by atoms with Crippen LogP contribution in [0.5, 0.6) is 0 Å². The number of rotatable bonds is 15. The molecule has 0 amide bonds. The minimum absolute atomic E-state index is 0.613. The van der Waals surface area contributed by atoms with Gasteiger partial charge in [-0.15, -0.1) is 0 Å².